The molecule has 6 bridgehead atoms. The highest BCUT2D eigenvalue weighted by molar-refractivity contribution is 8.76. The number of rotatable bonds is 19. The summed E-state index contributed by atoms with van der Waals surface area (Å²) in [5.74, 6) is 9.56. The van der Waals surface area contributed by atoms with E-state index in [0.717, 1.165) is 72.1 Å². The SMILES string of the molecule is CNC[C@H](NC[C@H](C)O)[C@H]1c2cc([C@@H](O)COc3cc(CCc4cc(CO)c(CC[C@@H]5CC[C@H]6[C@H]7CSSC[C@@H](N=C(N)NC8CCCC8)[C@@H](C)CC[C@H]6[C@H](C5)C[C@H]7N)o4)ccc3O)[nH]c2[C@H]2C=C[C@@]13CCC[C@@H]3C21CCCC1. The lowest BCUT2D eigenvalue weighted by Crippen LogP contribution is -2.52. The highest BCUT2D eigenvalue weighted by Crippen LogP contribution is 2.73. The Morgan fingerprint density at radius 3 is 2.52 bits per heavy atom. The summed E-state index contributed by atoms with van der Waals surface area (Å²) < 4.78 is 12.9. The first-order valence-corrected chi connectivity index (χ1v) is 33.8. The molecule has 2 spiro atoms. The van der Waals surface area contributed by atoms with Crippen LogP contribution >= 0.6 is 21.6 Å². The van der Waals surface area contributed by atoms with E-state index in [1.54, 1.807) is 6.07 Å². The number of hydrogen-bond donors (Lipinski definition) is 10. The van der Waals surface area contributed by atoms with E-state index in [1.807, 2.05) is 53.8 Å². The summed E-state index contributed by atoms with van der Waals surface area (Å²) in [4.78, 5) is 8.95. The zero-order valence-electron chi connectivity index (χ0n) is 47.8. The molecule has 79 heavy (non-hydrogen) atoms. The molecule has 15 heteroatoms. The minimum atomic E-state index is -0.936. The number of nitrogens with one attached hydrogen (secondary N) is 4. The molecule has 436 valence electrons. The number of allylic oxidation sites excluding steroid dienone is 2. The Morgan fingerprint density at radius 2 is 1.72 bits per heavy atom. The topological polar surface area (TPSA) is 220 Å². The van der Waals surface area contributed by atoms with Crippen LogP contribution in [0.1, 0.15) is 187 Å². The lowest BCUT2D eigenvalue weighted by Gasteiger charge is -2.53. The van der Waals surface area contributed by atoms with Crippen molar-refractivity contribution in [2.24, 2.45) is 68.7 Å². The van der Waals surface area contributed by atoms with Crippen LogP contribution in [0.5, 0.6) is 11.5 Å². The first kappa shape index (κ1) is 57.7. The number of likely N-dealkylation sites (N-methyl/N-ethyl adjacent to an activating group) is 1. The van der Waals surface area contributed by atoms with Crippen molar-refractivity contribution in [2.75, 3.05) is 38.2 Å². The van der Waals surface area contributed by atoms with Crippen molar-refractivity contribution < 1.29 is 29.6 Å². The standard InChI is InChI=1S/C64H97N7O6S2/c1-38-12-18-46-42-27-40(14-19-47(46)49(51(65)30-42)36-78-79-37-54(38)71-62(66)69-44-9-4-5-10-44)16-21-57-43(34-72)29-45(77-57)17-13-41-15-20-55(74)58(28-41)76-35-56(75)52-31-48-60(53(33-67-3)68-32-39(2)73)64-25-8-11-59(64)63(23-6-7-24-63)50(22-26-64)61(48)70-52/h15,20,22,26,28-29,31,38-40,42,44,46-47,49-51,53-54,56,59-60,67-68,70,72-75H,4-14,16-19,21,23-25,27,30,32-37,65H2,1-3H3,(H3,66,69,71)/t38-,39-,40-,42+,46-,47+,49+,50+,51+,53-,54+,56-,59+,60+,64+/m0/s1. The molecule has 13 nitrogen and oxygen atoms in total. The Hall–Kier alpha value is -3.15. The molecule has 15 atom stereocenters. The molecular formula is C64H97N7O6S2. The van der Waals surface area contributed by atoms with Crippen LogP contribution in [0.2, 0.25) is 0 Å². The molecule has 8 aliphatic carbocycles. The van der Waals surface area contributed by atoms with Crippen LogP contribution in [0.3, 0.4) is 0 Å². The fourth-order valence-corrected chi connectivity index (χ4v) is 20.8. The van der Waals surface area contributed by atoms with Gasteiger partial charge in [0.25, 0.3) is 0 Å². The molecule has 3 heterocycles. The average molecular weight is 1120 g/mol. The van der Waals surface area contributed by atoms with Crippen molar-refractivity contribution >= 4 is 27.5 Å². The monoisotopic (exact) mass is 1120 g/mol. The number of aryl methyl sites for hydroxylation is 3. The zero-order chi connectivity index (χ0) is 54.8. The van der Waals surface area contributed by atoms with E-state index in [2.05, 4.69) is 46.1 Å². The maximum absolute atomic E-state index is 12.0. The van der Waals surface area contributed by atoms with Crippen molar-refractivity contribution in [2.45, 2.75) is 204 Å². The number of phenols is 1. The van der Waals surface area contributed by atoms with Crippen LogP contribution in [0.25, 0.3) is 0 Å². The van der Waals surface area contributed by atoms with E-state index >= 15 is 0 Å². The predicted molar refractivity (Wildman–Crippen MR) is 320 cm³/mol. The van der Waals surface area contributed by atoms with Crippen LogP contribution in [0.4, 0.5) is 0 Å². The molecule has 12 rings (SSSR count). The van der Waals surface area contributed by atoms with Gasteiger partial charge in [0.05, 0.1) is 18.8 Å². The summed E-state index contributed by atoms with van der Waals surface area (Å²) in [6.45, 7) is 5.48. The van der Waals surface area contributed by atoms with Gasteiger partial charge in [-0.2, -0.15) is 0 Å². The van der Waals surface area contributed by atoms with Gasteiger partial charge in [-0.3, -0.25) is 0 Å². The number of aromatic amines is 1. The van der Waals surface area contributed by atoms with Crippen molar-refractivity contribution in [3.8, 4) is 11.5 Å². The van der Waals surface area contributed by atoms with Crippen LogP contribution in [0, 0.1) is 52.3 Å². The second-order valence-electron chi connectivity index (χ2n) is 26.5. The Morgan fingerprint density at radius 1 is 0.911 bits per heavy atom. The number of nitrogens with two attached hydrogens (primary N) is 2. The second kappa shape index (κ2) is 25.4. The number of H-pyrrole nitrogens is 1. The number of aliphatic imine (C=N–C) groups is 1. The maximum atomic E-state index is 12.0. The van der Waals surface area contributed by atoms with Crippen LogP contribution in [0.15, 0.2) is 51.9 Å². The molecule has 12 N–H and O–H groups in total. The molecule has 6 fully saturated rings. The van der Waals surface area contributed by atoms with Gasteiger partial charge in [-0.25, -0.2) is 4.99 Å². The quantitative estimate of drug-likeness (QED) is 0.0234. The first-order chi connectivity index (χ1) is 38.4. The van der Waals surface area contributed by atoms with Crippen molar-refractivity contribution in [1.82, 2.24) is 20.9 Å². The Bertz CT molecular complexity index is 2560. The molecule has 1 saturated heterocycles. The number of guanidine groups is 1. The molecule has 0 radical (unpaired) electrons. The number of aliphatic hydroxyl groups excluding tert-OH is 3. The Labute approximate surface area is 479 Å². The first-order valence-electron chi connectivity index (χ1n) is 31.3. The molecule has 3 aromatic rings. The fraction of sp³-hybridized carbons (Fsp3) is 0.734. The van der Waals surface area contributed by atoms with E-state index in [4.69, 9.17) is 25.6 Å². The lowest BCUT2D eigenvalue weighted by molar-refractivity contribution is 0.0354. The van der Waals surface area contributed by atoms with E-state index in [0.29, 0.717) is 78.6 Å². The molecular weight excluding hydrogens is 1030 g/mol. The van der Waals surface area contributed by atoms with Gasteiger partial charge in [0.1, 0.15) is 24.2 Å². The molecule has 1 aliphatic heterocycles. The van der Waals surface area contributed by atoms with Gasteiger partial charge in [-0.1, -0.05) is 85.3 Å². The number of phenolic OH excluding ortho intramolecular Hbond substituents is 1. The van der Waals surface area contributed by atoms with Gasteiger partial charge in [-0.15, -0.1) is 0 Å². The summed E-state index contributed by atoms with van der Waals surface area (Å²) in [6.07, 6.45) is 27.7. The van der Waals surface area contributed by atoms with Gasteiger partial charge in [0.2, 0.25) is 0 Å². The number of aliphatic hydroxyl groups is 3. The van der Waals surface area contributed by atoms with Crippen LogP contribution in [-0.4, -0.2) is 99.9 Å². The normalized spacial score (nSPS) is 33.7. The third-order valence-electron chi connectivity index (χ3n) is 21.7. The molecule has 1 aromatic carbocycles. The van der Waals surface area contributed by atoms with Gasteiger partial charge >= 0.3 is 0 Å². The smallest absolute Gasteiger partial charge is 0.189 e. The van der Waals surface area contributed by atoms with Gasteiger partial charge in [0.15, 0.2) is 17.5 Å². The molecule has 5 saturated carbocycles. The van der Waals surface area contributed by atoms with Gasteiger partial charge < -0.3 is 62.0 Å². The van der Waals surface area contributed by atoms with E-state index in [-0.39, 0.29) is 59.8 Å². The van der Waals surface area contributed by atoms with Gasteiger partial charge in [0, 0.05) is 89.8 Å². The molecule has 9 aliphatic rings. The third-order valence-corrected chi connectivity index (χ3v) is 24.2. The van der Waals surface area contributed by atoms with Crippen LogP contribution in [-0.2, 0) is 25.9 Å². The number of aromatic hydroxyl groups is 1. The number of furan rings is 1. The largest absolute Gasteiger partial charge is 0.504 e. The number of benzene rings is 1. The molecule has 0 unspecified atom stereocenters. The summed E-state index contributed by atoms with van der Waals surface area (Å²) in [6, 6.07) is 10.8. The second-order valence-corrected chi connectivity index (χ2v) is 29.0. The summed E-state index contributed by atoms with van der Waals surface area (Å²) in [7, 11) is 6.01. The van der Waals surface area contributed by atoms with E-state index in [1.165, 1.54) is 108 Å². The highest BCUT2D eigenvalue weighted by Gasteiger charge is 2.65. The summed E-state index contributed by atoms with van der Waals surface area (Å²) in [5.41, 5.74) is 19.0. The van der Waals surface area contributed by atoms with E-state index < -0.39 is 12.2 Å². The summed E-state index contributed by atoms with van der Waals surface area (Å²) >= 11 is 0. The van der Waals surface area contributed by atoms with Gasteiger partial charge in [-0.05, 0) is 180 Å². The van der Waals surface area contributed by atoms with E-state index in [9.17, 15) is 20.4 Å². The molecule has 0 amide bonds. The number of aromatic nitrogens is 1. The van der Waals surface area contributed by atoms with Crippen molar-refractivity contribution in [1.29, 1.82) is 0 Å². The van der Waals surface area contributed by atoms with Crippen LogP contribution < -0.4 is 32.2 Å². The zero-order valence-corrected chi connectivity index (χ0v) is 49.5. The molecule has 2 aromatic heterocycles. The number of ether oxygens (including phenoxy) is 1. The van der Waals surface area contributed by atoms with Crippen molar-refractivity contribution in [3.05, 3.63) is 82.1 Å². The number of nitrogens with zero attached hydrogens (tertiary/aromatic N) is 1. The predicted octanol–water partition coefficient (Wildman–Crippen LogP) is 10.3. The third kappa shape index (κ3) is 12.1. The highest BCUT2D eigenvalue weighted by atomic mass is 33.1. The number of hydrogen-bond acceptors (Lipinski definition) is 12. The minimum absolute atomic E-state index is 0.00736. The average Bonchev–Trinajstić information content (AvgIpc) is 2.98. The summed E-state index contributed by atoms with van der Waals surface area (Å²) in [5, 5.41) is 54.9. The lowest BCUT2D eigenvalue weighted by atomic mass is 9.52. The maximum Gasteiger partial charge on any atom is 0.189 e. The fourth-order valence-electron chi connectivity index (χ4n) is 18.0. The Kier molecular flexibility index (Phi) is 18.5. The minimum Gasteiger partial charge on any atom is -0.504 e. The van der Waals surface area contributed by atoms with Crippen molar-refractivity contribution in [3.63, 3.8) is 0 Å². The Balaban J connectivity index is 0.719.